The summed E-state index contributed by atoms with van der Waals surface area (Å²) >= 11 is 0. The van der Waals surface area contributed by atoms with Crippen molar-refractivity contribution in [3.05, 3.63) is 81.7 Å². The van der Waals surface area contributed by atoms with E-state index < -0.39 is 70.4 Å². The van der Waals surface area contributed by atoms with Gasteiger partial charge in [0.05, 0.1) is 24.4 Å². The second-order valence-corrected chi connectivity index (χ2v) is 13.2. The molecule has 15 heteroatoms. The van der Waals surface area contributed by atoms with Crippen LogP contribution in [0.2, 0.25) is 0 Å². The highest BCUT2D eigenvalue weighted by Gasteiger charge is 2.37. The normalized spacial score (nSPS) is 17.7. The first-order chi connectivity index (χ1) is 23.4. The number of allylic oxidation sites excluding steroid dienone is 1. The van der Waals surface area contributed by atoms with Crippen molar-refractivity contribution in [2.75, 3.05) is 32.7 Å². The summed E-state index contributed by atoms with van der Waals surface area (Å²) in [7, 11) is 0. The highest BCUT2D eigenvalue weighted by Crippen LogP contribution is 2.36. The van der Waals surface area contributed by atoms with Crippen LogP contribution in [0.15, 0.2) is 41.3 Å². The maximum absolute atomic E-state index is 14.3. The molecular weight excluding hydrogens is 667 g/mol. The van der Waals surface area contributed by atoms with Gasteiger partial charge in [0.25, 0.3) is 5.91 Å². The molecule has 50 heavy (non-hydrogen) atoms. The van der Waals surface area contributed by atoms with E-state index in [9.17, 15) is 36.3 Å². The molecule has 1 aliphatic carbocycles. The van der Waals surface area contributed by atoms with Crippen molar-refractivity contribution in [3.8, 4) is 5.75 Å². The number of pyridine rings is 1. The van der Waals surface area contributed by atoms with Crippen molar-refractivity contribution >= 4 is 23.7 Å². The summed E-state index contributed by atoms with van der Waals surface area (Å²) in [6, 6.07) is 3.64. The average Bonchev–Trinajstić information content (AvgIpc) is 3.04. The van der Waals surface area contributed by atoms with Crippen molar-refractivity contribution in [2.45, 2.75) is 66.6 Å². The van der Waals surface area contributed by atoms with Gasteiger partial charge in [-0.1, -0.05) is 13.0 Å². The Bertz CT molecular complexity index is 1740. The van der Waals surface area contributed by atoms with E-state index in [0.29, 0.717) is 25.3 Å². The molecule has 0 saturated heterocycles. The summed E-state index contributed by atoms with van der Waals surface area (Å²) in [5, 5.41) is 2.63. The number of hydrogen-bond donors (Lipinski definition) is 1. The molecule has 1 N–H and O–H groups in total. The number of aryl methyl sites for hydroxylation is 1. The van der Waals surface area contributed by atoms with Gasteiger partial charge in [-0.15, -0.1) is 4.58 Å². The number of aromatic nitrogens is 1. The van der Waals surface area contributed by atoms with E-state index in [-0.39, 0.29) is 36.4 Å². The molecule has 2 heterocycles. The molecule has 0 saturated carbocycles. The molecule has 2 atom stereocenters. The SMILES string of the molecule is CCNC(=O)C1=C(O[C@H](CN2CC[N+](C(=O)OC(C)(C)C)=C(C)C2)c2ccc(C)cn2)CC(C)C(C(=O)Oc2c(F)c(F)c(F)c(F)c2F)=C1. The first-order valence-corrected chi connectivity index (χ1v) is 16.0. The summed E-state index contributed by atoms with van der Waals surface area (Å²) in [6.45, 7) is 14.0. The Balaban J connectivity index is 1.67. The summed E-state index contributed by atoms with van der Waals surface area (Å²) in [5.41, 5.74) is 1.19. The predicted octanol–water partition coefficient (Wildman–Crippen LogP) is 5.83. The van der Waals surface area contributed by atoms with E-state index in [1.807, 2.05) is 19.9 Å². The van der Waals surface area contributed by atoms with Gasteiger partial charge in [0.15, 0.2) is 18.4 Å². The number of rotatable bonds is 9. The van der Waals surface area contributed by atoms with Crippen LogP contribution in [0.3, 0.4) is 0 Å². The molecular formula is C35H40F5N4O6+. The number of nitrogens with one attached hydrogen (secondary N) is 1. The van der Waals surface area contributed by atoms with Crippen molar-refractivity contribution in [3.63, 3.8) is 0 Å². The van der Waals surface area contributed by atoms with Crippen LogP contribution in [0.5, 0.6) is 5.75 Å². The lowest BCUT2D eigenvalue weighted by molar-refractivity contribution is -0.458. The fourth-order valence-corrected chi connectivity index (χ4v) is 5.43. The van der Waals surface area contributed by atoms with E-state index in [2.05, 4.69) is 15.2 Å². The highest BCUT2D eigenvalue weighted by atomic mass is 19.2. The molecule has 0 radical (unpaired) electrons. The minimum atomic E-state index is -2.40. The molecule has 2 aliphatic rings. The highest BCUT2D eigenvalue weighted by molar-refractivity contribution is 6.01. The number of benzene rings is 1. The van der Waals surface area contributed by atoms with Gasteiger partial charge in [-0.3, -0.25) is 14.7 Å². The van der Waals surface area contributed by atoms with Crippen molar-refractivity contribution < 1.29 is 55.1 Å². The number of halogens is 5. The van der Waals surface area contributed by atoms with Crippen LogP contribution in [-0.4, -0.2) is 76.5 Å². The third-order valence-electron chi connectivity index (χ3n) is 7.94. The van der Waals surface area contributed by atoms with Crippen molar-refractivity contribution in [2.24, 2.45) is 5.92 Å². The zero-order valence-corrected chi connectivity index (χ0v) is 28.9. The number of carbonyl (C=O) groups excluding carboxylic acids is 3. The second kappa shape index (κ2) is 15.5. The van der Waals surface area contributed by atoms with Crippen LogP contribution < -0.4 is 10.1 Å². The third kappa shape index (κ3) is 8.73. The lowest BCUT2D eigenvalue weighted by Crippen LogP contribution is -2.48. The van der Waals surface area contributed by atoms with E-state index in [4.69, 9.17) is 14.2 Å². The number of esters is 1. The number of likely N-dealkylation sites (N-methyl/N-ethyl adjacent to an activating group) is 1. The van der Waals surface area contributed by atoms with Crippen molar-refractivity contribution in [1.29, 1.82) is 0 Å². The second-order valence-electron chi connectivity index (χ2n) is 13.2. The molecule has 4 rings (SSSR count). The van der Waals surface area contributed by atoms with Gasteiger partial charge in [0.2, 0.25) is 34.8 Å². The number of nitrogens with zero attached hydrogens (tertiary/aromatic N) is 3. The monoisotopic (exact) mass is 707 g/mol. The van der Waals surface area contributed by atoms with Gasteiger partial charge in [-0.05, 0) is 58.2 Å². The number of ether oxygens (including phenoxy) is 3. The zero-order chi connectivity index (χ0) is 37.1. The largest absolute Gasteiger partial charge is 0.596 e. The molecule has 0 bridgehead atoms. The Kier molecular flexibility index (Phi) is 11.8. The lowest BCUT2D eigenvalue weighted by Gasteiger charge is -2.32. The minimum absolute atomic E-state index is 0.0650. The van der Waals surface area contributed by atoms with Crippen LogP contribution in [0.1, 0.15) is 65.3 Å². The van der Waals surface area contributed by atoms with Crippen molar-refractivity contribution in [1.82, 2.24) is 15.2 Å². The first kappa shape index (κ1) is 38.1. The summed E-state index contributed by atoms with van der Waals surface area (Å²) in [6.07, 6.45) is 1.54. The Hall–Kier alpha value is -4.66. The molecule has 1 aromatic carbocycles. The average molecular weight is 708 g/mol. The summed E-state index contributed by atoms with van der Waals surface area (Å²) in [5.74, 6) is -16.0. The van der Waals surface area contributed by atoms with E-state index in [1.165, 1.54) is 0 Å². The maximum Gasteiger partial charge on any atom is 0.596 e. The maximum atomic E-state index is 14.3. The number of hydrogen-bond acceptors (Lipinski definition) is 8. The Morgan fingerprint density at radius 1 is 1.04 bits per heavy atom. The van der Waals surface area contributed by atoms with Gasteiger partial charge in [0.1, 0.15) is 11.4 Å². The topological polar surface area (TPSA) is 110 Å². The van der Waals surface area contributed by atoms with Gasteiger partial charge in [-0.25, -0.2) is 18.0 Å². The van der Waals surface area contributed by atoms with Gasteiger partial charge < -0.3 is 19.5 Å². The van der Waals surface area contributed by atoms with Gasteiger partial charge in [0, 0.05) is 38.2 Å². The number of amides is 2. The molecule has 2 amide bonds. The van der Waals surface area contributed by atoms with Crippen LogP contribution in [0.4, 0.5) is 26.7 Å². The number of carbonyl (C=O) groups is 3. The first-order valence-electron chi connectivity index (χ1n) is 16.0. The van der Waals surface area contributed by atoms with Gasteiger partial charge in [-0.2, -0.15) is 13.6 Å². The van der Waals surface area contributed by atoms with Gasteiger partial charge >= 0.3 is 12.1 Å². The Morgan fingerprint density at radius 3 is 2.24 bits per heavy atom. The third-order valence-corrected chi connectivity index (χ3v) is 7.94. The molecule has 1 aromatic heterocycles. The molecule has 270 valence electrons. The van der Waals surface area contributed by atoms with Crippen LogP contribution in [0, 0.1) is 41.9 Å². The molecule has 1 unspecified atom stereocenters. The molecule has 0 fully saturated rings. The Morgan fingerprint density at radius 2 is 1.68 bits per heavy atom. The van der Waals surface area contributed by atoms with E-state index in [0.717, 1.165) is 17.4 Å². The van der Waals surface area contributed by atoms with Crippen LogP contribution in [-0.2, 0) is 19.1 Å². The summed E-state index contributed by atoms with van der Waals surface area (Å²) in [4.78, 5) is 45.8. The fourth-order valence-electron chi connectivity index (χ4n) is 5.43. The quantitative estimate of drug-likeness (QED) is 0.0867. The predicted molar refractivity (Wildman–Crippen MR) is 171 cm³/mol. The minimum Gasteiger partial charge on any atom is -0.486 e. The summed E-state index contributed by atoms with van der Waals surface area (Å²) < 4.78 is 88.1. The van der Waals surface area contributed by atoms with E-state index >= 15 is 0 Å². The zero-order valence-electron chi connectivity index (χ0n) is 28.9. The fraction of sp³-hybridized carbons (Fsp3) is 0.457. The Labute approximate surface area is 286 Å². The molecule has 1 aliphatic heterocycles. The van der Waals surface area contributed by atoms with Crippen LogP contribution in [0.25, 0.3) is 0 Å². The smallest absolute Gasteiger partial charge is 0.486 e. The lowest BCUT2D eigenvalue weighted by atomic mass is 9.88. The molecule has 0 spiro atoms. The standard InChI is InChI=1S/C35H39F5N4O6/c1-8-41-32(45)22-14-21(33(46)49-31-29(39)27(37)26(36)28(38)30(31)40)19(3)13-24(22)48-25(23-10-9-18(2)15-42-23)17-43-11-12-44(20(4)16-43)34(47)50-35(5,6)7/h9-10,14-15,19,25H,8,11-13,16-17H2,1-7H3/p+1/t19?,25-/m1/s1. The molecule has 10 nitrogen and oxygen atoms in total. The van der Waals surface area contributed by atoms with E-state index in [1.54, 1.807) is 51.5 Å². The molecule has 2 aromatic rings. The van der Waals surface area contributed by atoms with Crippen LogP contribution >= 0.6 is 0 Å².